The number of pyridine rings is 1. The molecule has 0 aliphatic rings. The summed E-state index contributed by atoms with van der Waals surface area (Å²) in [5.41, 5.74) is 7.29. The van der Waals surface area contributed by atoms with Gasteiger partial charge in [0.25, 0.3) is 0 Å². The molecule has 0 aliphatic heterocycles. The first kappa shape index (κ1) is 13.2. The van der Waals surface area contributed by atoms with Gasteiger partial charge in [-0.05, 0) is 26.0 Å². The summed E-state index contributed by atoms with van der Waals surface area (Å²) in [4.78, 5) is 13.8. The minimum atomic E-state index is -0.483. The van der Waals surface area contributed by atoms with Crippen molar-refractivity contribution >= 4 is 11.8 Å². The molecule has 0 saturated heterocycles. The lowest BCUT2D eigenvalue weighted by molar-refractivity contribution is 0.602. The van der Waals surface area contributed by atoms with Gasteiger partial charge in [-0.2, -0.15) is 4.98 Å². The molecule has 0 spiro atoms. The van der Waals surface area contributed by atoms with Crippen molar-refractivity contribution in [3.05, 3.63) is 41.6 Å². The van der Waals surface area contributed by atoms with Crippen LogP contribution in [-0.4, -0.2) is 21.5 Å². The Morgan fingerprint density at radius 1 is 1.32 bits per heavy atom. The van der Waals surface area contributed by atoms with Gasteiger partial charge >= 0.3 is 0 Å². The largest absolute Gasteiger partial charge is 0.368 e. The number of nitrogens with two attached hydrogens (primary N) is 1. The van der Waals surface area contributed by atoms with E-state index in [0.717, 1.165) is 17.6 Å². The van der Waals surface area contributed by atoms with Gasteiger partial charge in [-0.15, -0.1) is 0 Å². The Hall–Kier alpha value is -2.24. The maximum atomic E-state index is 13.7. The molecule has 0 radical (unpaired) electrons. The molecule has 0 aliphatic carbocycles. The van der Waals surface area contributed by atoms with Crippen molar-refractivity contribution in [2.45, 2.75) is 20.4 Å². The molecule has 5 nitrogen and oxygen atoms in total. The Morgan fingerprint density at radius 3 is 2.79 bits per heavy atom. The van der Waals surface area contributed by atoms with Crippen molar-refractivity contribution < 1.29 is 4.39 Å². The van der Waals surface area contributed by atoms with E-state index in [9.17, 15) is 4.39 Å². The lowest BCUT2D eigenvalue weighted by Gasteiger charge is -2.22. The molecule has 0 bridgehead atoms. The number of nitrogen functional groups attached to an aromatic ring is 1. The molecule has 2 rings (SSSR count). The van der Waals surface area contributed by atoms with Gasteiger partial charge < -0.3 is 10.6 Å². The third-order valence-corrected chi connectivity index (χ3v) is 2.72. The van der Waals surface area contributed by atoms with Gasteiger partial charge in [0.15, 0.2) is 11.6 Å². The van der Waals surface area contributed by atoms with Crippen molar-refractivity contribution in [3.63, 3.8) is 0 Å². The normalized spacial score (nSPS) is 10.5. The average molecular weight is 261 g/mol. The number of hydrogen-bond acceptors (Lipinski definition) is 5. The van der Waals surface area contributed by atoms with Crippen molar-refractivity contribution in [1.29, 1.82) is 0 Å². The quantitative estimate of drug-likeness (QED) is 0.910. The van der Waals surface area contributed by atoms with Crippen LogP contribution in [0.15, 0.2) is 24.4 Å². The van der Waals surface area contributed by atoms with E-state index in [-0.39, 0.29) is 11.8 Å². The van der Waals surface area contributed by atoms with Crippen LogP contribution < -0.4 is 10.6 Å². The van der Waals surface area contributed by atoms with Crippen LogP contribution in [0.5, 0.6) is 0 Å². The van der Waals surface area contributed by atoms with E-state index in [1.165, 1.54) is 0 Å². The van der Waals surface area contributed by atoms with E-state index < -0.39 is 5.82 Å². The summed E-state index contributed by atoms with van der Waals surface area (Å²) in [7, 11) is 0. The standard InChI is InChI=1S/C13H16FN5/c1-3-19(8-10-6-4-5-9(2)17-10)12-11(14)7-16-13(15)18-12/h4-7H,3,8H2,1-2H3,(H2,15,16,18). The Bertz CT molecular complexity index is 573. The second-order valence-corrected chi connectivity index (χ2v) is 4.18. The maximum Gasteiger partial charge on any atom is 0.222 e. The second kappa shape index (κ2) is 5.60. The second-order valence-electron chi connectivity index (χ2n) is 4.18. The van der Waals surface area contributed by atoms with Gasteiger partial charge in [-0.3, -0.25) is 4.98 Å². The number of halogens is 1. The first-order chi connectivity index (χ1) is 9.10. The molecule has 2 aromatic rings. The molecule has 100 valence electrons. The molecular weight excluding hydrogens is 245 g/mol. The van der Waals surface area contributed by atoms with Crippen LogP contribution in [0.4, 0.5) is 16.2 Å². The van der Waals surface area contributed by atoms with Crippen LogP contribution in [0.2, 0.25) is 0 Å². The van der Waals surface area contributed by atoms with Gasteiger partial charge in [0.05, 0.1) is 18.4 Å². The highest BCUT2D eigenvalue weighted by Gasteiger charge is 2.14. The Labute approximate surface area is 111 Å². The van der Waals surface area contributed by atoms with E-state index in [2.05, 4.69) is 15.0 Å². The molecular formula is C13H16FN5. The average Bonchev–Trinajstić information content (AvgIpc) is 2.39. The maximum absolute atomic E-state index is 13.7. The SMILES string of the molecule is CCN(Cc1cccc(C)n1)c1nc(N)ncc1F. The van der Waals surface area contributed by atoms with E-state index in [4.69, 9.17) is 5.73 Å². The van der Waals surface area contributed by atoms with Crippen LogP contribution in [0.1, 0.15) is 18.3 Å². The molecule has 0 saturated carbocycles. The highest BCUT2D eigenvalue weighted by atomic mass is 19.1. The number of aryl methyl sites for hydroxylation is 1. The van der Waals surface area contributed by atoms with E-state index >= 15 is 0 Å². The van der Waals surface area contributed by atoms with Crippen molar-refractivity contribution in [1.82, 2.24) is 15.0 Å². The van der Waals surface area contributed by atoms with Gasteiger partial charge in [0.1, 0.15) is 0 Å². The topological polar surface area (TPSA) is 67.9 Å². The summed E-state index contributed by atoms with van der Waals surface area (Å²) in [5.74, 6) is -0.214. The Balaban J connectivity index is 2.27. The Kier molecular flexibility index (Phi) is 3.89. The summed E-state index contributed by atoms with van der Waals surface area (Å²) in [5, 5.41) is 0. The monoisotopic (exact) mass is 261 g/mol. The molecule has 0 atom stereocenters. The van der Waals surface area contributed by atoms with E-state index in [0.29, 0.717) is 13.1 Å². The Morgan fingerprint density at radius 2 is 2.11 bits per heavy atom. The fraction of sp³-hybridized carbons (Fsp3) is 0.308. The highest BCUT2D eigenvalue weighted by molar-refractivity contribution is 5.42. The fourth-order valence-corrected chi connectivity index (χ4v) is 1.81. The van der Waals surface area contributed by atoms with Gasteiger partial charge in [0.2, 0.25) is 5.95 Å². The first-order valence-corrected chi connectivity index (χ1v) is 6.05. The molecule has 0 fully saturated rings. The molecule has 2 aromatic heterocycles. The van der Waals surface area contributed by atoms with Crippen LogP contribution in [0, 0.1) is 12.7 Å². The van der Waals surface area contributed by atoms with Gasteiger partial charge in [0, 0.05) is 12.2 Å². The van der Waals surface area contributed by atoms with Crippen LogP contribution >= 0.6 is 0 Å². The van der Waals surface area contributed by atoms with Gasteiger partial charge in [-0.1, -0.05) is 6.07 Å². The highest BCUT2D eigenvalue weighted by Crippen LogP contribution is 2.18. The zero-order chi connectivity index (χ0) is 13.8. The third-order valence-electron chi connectivity index (χ3n) is 2.72. The minimum absolute atomic E-state index is 0.0621. The summed E-state index contributed by atoms with van der Waals surface area (Å²) >= 11 is 0. The molecule has 6 heteroatoms. The van der Waals surface area contributed by atoms with Crippen molar-refractivity contribution in [3.8, 4) is 0 Å². The fourth-order valence-electron chi connectivity index (χ4n) is 1.81. The summed E-state index contributed by atoms with van der Waals surface area (Å²) in [6.45, 7) is 4.92. The molecule has 2 N–H and O–H groups in total. The summed E-state index contributed by atoms with van der Waals surface area (Å²) in [6.07, 6.45) is 1.09. The van der Waals surface area contributed by atoms with Crippen LogP contribution in [-0.2, 0) is 6.54 Å². The summed E-state index contributed by atoms with van der Waals surface area (Å²) < 4.78 is 13.7. The third kappa shape index (κ3) is 3.15. The molecule has 19 heavy (non-hydrogen) atoms. The van der Waals surface area contributed by atoms with Crippen LogP contribution in [0.25, 0.3) is 0 Å². The molecule has 0 amide bonds. The zero-order valence-corrected chi connectivity index (χ0v) is 11.0. The smallest absolute Gasteiger partial charge is 0.222 e. The first-order valence-electron chi connectivity index (χ1n) is 6.05. The number of aromatic nitrogens is 3. The summed E-state index contributed by atoms with van der Waals surface area (Å²) in [6, 6.07) is 5.75. The molecule has 2 heterocycles. The zero-order valence-electron chi connectivity index (χ0n) is 11.0. The molecule has 0 unspecified atom stereocenters. The predicted octanol–water partition coefficient (Wildman–Crippen LogP) is 1.93. The number of nitrogens with zero attached hydrogens (tertiary/aromatic N) is 4. The number of hydrogen-bond donors (Lipinski definition) is 1. The minimum Gasteiger partial charge on any atom is -0.368 e. The number of anilines is 2. The van der Waals surface area contributed by atoms with E-state index in [1.54, 1.807) is 4.90 Å². The lowest BCUT2D eigenvalue weighted by Crippen LogP contribution is -2.25. The predicted molar refractivity (Wildman–Crippen MR) is 72.1 cm³/mol. The van der Waals surface area contributed by atoms with E-state index in [1.807, 2.05) is 32.0 Å². The van der Waals surface area contributed by atoms with Crippen molar-refractivity contribution in [2.75, 3.05) is 17.2 Å². The molecule has 0 aromatic carbocycles. The number of rotatable bonds is 4. The van der Waals surface area contributed by atoms with Gasteiger partial charge in [-0.25, -0.2) is 9.37 Å². The lowest BCUT2D eigenvalue weighted by atomic mass is 10.3. The van der Waals surface area contributed by atoms with Crippen molar-refractivity contribution in [2.24, 2.45) is 0 Å². The van der Waals surface area contributed by atoms with Crippen LogP contribution in [0.3, 0.4) is 0 Å².